The van der Waals surface area contributed by atoms with Crippen molar-refractivity contribution in [1.29, 1.82) is 0 Å². The molecule has 0 spiro atoms. The van der Waals surface area contributed by atoms with E-state index in [-0.39, 0.29) is 6.61 Å². The van der Waals surface area contributed by atoms with Crippen LogP contribution in [0, 0.1) is 0 Å². The zero-order valence-corrected chi connectivity index (χ0v) is 17.2. The van der Waals surface area contributed by atoms with Gasteiger partial charge >= 0.3 is 0 Å². The van der Waals surface area contributed by atoms with Crippen molar-refractivity contribution in [2.24, 2.45) is 0 Å². The Balaban J connectivity index is 1.43. The lowest BCUT2D eigenvalue weighted by atomic mass is 10.1. The van der Waals surface area contributed by atoms with Crippen molar-refractivity contribution in [2.75, 3.05) is 33.4 Å². The molecule has 2 aromatic carbocycles. The third-order valence-corrected chi connectivity index (χ3v) is 4.67. The van der Waals surface area contributed by atoms with Gasteiger partial charge in [-0.15, -0.1) is 0 Å². The molecular formula is C24H28N2O4. The lowest BCUT2D eigenvalue weighted by Gasteiger charge is -2.14. The van der Waals surface area contributed by atoms with Crippen molar-refractivity contribution in [3.05, 3.63) is 79.3 Å². The van der Waals surface area contributed by atoms with Gasteiger partial charge in [0.25, 0.3) is 0 Å². The van der Waals surface area contributed by atoms with Gasteiger partial charge in [-0.3, -0.25) is 0 Å². The van der Waals surface area contributed by atoms with Crippen LogP contribution in [-0.4, -0.2) is 49.6 Å². The molecular weight excluding hydrogens is 380 g/mol. The number of allylic oxidation sites excluding steroid dienone is 2. The van der Waals surface area contributed by atoms with Gasteiger partial charge in [-0.25, -0.2) is 0 Å². The van der Waals surface area contributed by atoms with Gasteiger partial charge in [0.1, 0.15) is 25.1 Å². The van der Waals surface area contributed by atoms with Gasteiger partial charge < -0.3 is 29.6 Å². The second-order valence-electron chi connectivity index (χ2n) is 6.74. The second kappa shape index (κ2) is 10.5. The Hall–Kier alpha value is -3.22. The molecule has 1 atom stereocenters. The molecule has 30 heavy (non-hydrogen) atoms. The highest BCUT2D eigenvalue weighted by Crippen LogP contribution is 2.28. The molecule has 1 heterocycles. The molecule has 6 nitrogen and oxygen atoms in total. The topological polar surface area (TPSA) is 75.7 Å². The number of aliphatic hydroxyl groups is 1. The molecule has 0 saturated carbocycles. The number of aromatic amines is 1. The van der Waals surface area contributed by atoms with E-state index < -0.39 is 6.10 Å². The van der Waals surface area contributed by atoms with Crippen LogP contribution < -0.4 is 10.1 Å². The maximum atomic E-state index is 10.2. The number of hydrogen-bond donors (Lipinski definition) is 3. The first kappa shape index (κ1) is 21.5. The van der Waals surface area contributed by atoms with E-state index in [1.54, 1.807) is 19.3 Å². The fourth-order valence-corrected chi connectivity index (χ4v) is 3.19. The van der Waals surface area contributed by atoms with E-state index in [0.717, 1.165) is 16.4 Å². The number of methoxy groups -OCH3 is 1. The molecule has 0 aliphatic rings. The van der Waals surface area contributed by atoms with Gasteiger partial charge in [0.2, 0.25) is 0 Å². The van der Waals surface area contributed by atoms with Crippen LogP contribution >= 0.6 is 0 Å². The van der Waals surface area contributed by atoms with E-state index in [0.29, 0.717) is 37.0 Å². The smallest absolute Gasteiger partial charge is 0.160 e. The van der Waals surface area contributed by atoms with Crippen LogP contribution in [0.15, 0.2) is 79.3 Å². The molecule has 1 aromatic heterocycles. The van der Waals surface area contributed by atoms with Gasteiger partial charge in [-0.05, 0) is 30.4 Å². The van der Waals surface area contributed by atoms with E-state index in [1.807, 2.05) is 30.3 Å². The number of ether oxygens (including phenoxy) is 3. The molecule has 6 heteroatoms. The van der Waals surface area contributed by atoms with E-state index in [2.05, 4.69) is 35.6 Å². The molecule has 0 aliphatic carbocycles. The zero-order chi connectivity index (χ0) is 21.3. The first-order valence-corrected chi connectivity index (χ1v) is 9.84. The third-order valence-electron chi connectivity index (χ3n) is 4.67. The molecule has 0 radical (unpaired) electrons. The van der Waals surface area contributed by atoms with Crippen molar-refractivity contribution in [3.63, 3.8) is 0 Å². The van der Waals surface area contributed by atoms with Crippen LogP contribution in [0.5, 0.6) is 5.75 Å². The number of aliphatic hydroxyl groups excluding tert-OH is 1. The molecule has 0 saturated heterocycles. The first-order chi connectivity index (χ1) is 14.7. The quantitative estimate of drug-likeness (QED) is 0.241. The van der Waals surface area contributed by atoms with Gasteiger partial charge in [-0.1, -0.05) is 31.4 Å². The van der Waals surface area contributed by atoms with Crippen LogP contribution in [0.4, 0.5) is 0 Å². The van der Waals surface area contributed by atoms with Crippen LogP contribution in [0.1, 0.15) is 0 Å². The zero-order valence-electron chi connectivity index (χ0n) is 17.2. The van der Waals surface area contributed by atoms with E-state index >= 15 is 0 Å². The van der Waals surface area contributed by atoms with Gasteiger partial charge in [0, 0.05) is 35.4 Å². The van der Waals surface area contributed by atoms with Crippen LogP contribution in [0.25, 0.3) is 21.8 Å². The highest BCUT2D eigenvalue weighted by molar-refractivity contribution is 6.07. The molecule has 3 rings (SSSR count). The summed E-state index contributed by atoms with van der Waals surface area (Å²) in [5, 5.41) is 15.6. The Kier molecular flexibility index (Phi) is 7.54. The lowest BCUT2D eigenvalue weighted by molar-refractivity contribution is 0.104. The minimum atomic E-state index is -0.638. The molecule has 0 bridgehead atoms. The third kappa shape index (κ3) is 5.23. The Bertz CT molecular complexity index is 1040. The molecule has 0 amide bonds. The Morgan fingerprint density at radius 2 is 1.87 bits per heavy atom. The Labute approximate surface area is 176 Å². The highest BCUT2D eigenvalue weighted by atomic mass is 16.5. The number of nitrogens with one attached hydrogen (secondary N) is 2. The number of rotatable bonds is 12. The number of aromatic nitrogens is 1. The van der Waals surface area contributed by atoms with Crippen molar-refractivity contribution < 1.29 is 19.3 Å². The fraction of sp³-hybridized carbons (Fsp3) is 0.250. The molecule has 3 aromatic rings. The Morgan fingerprint density at radius 3 is 2.63 bits per heavy atom. The molecule has 158 valence electrons. The van der Waals surface area contributed by atoms with Crippen molar-refractivity contribution in [1.82, 2.24) is 10.3 Å². The fourth-order valence-electron chi connectivity index (χ4n) is 3.19. The minimum absolute atomic E-state index is 0.196. The first-order valence-electron chi connectivity index (χ1n) is 9.84. The predicted molar refractivity (Wildman–Crippen MR) is 121 cm³/mol. The lowest BCUT2D eigenvalue weighted by Crippen LogP contribution is -2.33. The number of benzene rings is 2. The minimum Gasteiger partial charge on any atom is -0.493 e. The summed E-state index contributed by atoms with van der Waals surface area (Å²) in [6.45, 7) is 8.92. The SMILES string of the molecule is C=C/C(OC)=C(\C=C)OCCNCC(O)COc1ccc2c(c1)[nH]c1ccccc12. The maximum absolute atomic E-state index is 10.2. The molecule has 1 unspecified atom stereocenters. The maximum Gasteiger partial charge on any atom is 0.160 e. The largest absolute Gasteiger partial charge is 0.493 e. The van der Waals surface area contributed by atoms with E-state index in [4.69, 9.17) is 14.2 Å². The summed E-state index contributed by atoms with van der Waals surface area (Å²) >= 11 is 0. The standard InChI is InChI=1S/C24H28N2O4/c1-4-23(28-3)24(5-2)29-13-12-25-15-17(27)16-30-18-10-11-20-19-8-6-7-9-21(19)26-22(20)14-18/h4-11,14,17,25-27H,1-2,12-13,15-16H2,3H3/b24-23-. The van der Waals surface area contributed by atoms with Crippen molar-refractivity contribution in [2.45, 2.75) is 6.10 Å². The summed E-state index contributed by atoms with van der Waals surface area (Å²) in [7, 11) is 1.55. The van der Waals surface area contributed by atoms with E-state index in [1.165, 1.54) is 5.39 Å². The average molecular weight is 408 g/mol. The monoisotopic (exact) mass is 408 g/mol. The van der Waals surface area contributed by atoms with Crippen molar-refractivity contribution >= 4 is 21.8 Å². The summed E-state index contributed by atoms with van der Waals surface area (Å²) in [4.78, 5) is 3.39. The summed E-state index contributed by atoms with van der Waals surface area (Å²) in [5.41, 5.74) is 2.11. The number of fused-ring (bicyclic) bond motifs is 3. The average Bonchev–Trinajstić information content (AvgIpc) is 3.14. The van der Waals surface area contributed by atoms with Gasteiger partial charge in [-0.2, -0.15) is 0 Å². The van der Waals surface area contributed by atoms with Crippen LogP contribution in [0.3, 0.4) is 0 Å². The Morgan fingerprint density at radius 1 is 1.10 bits per heavy atom. The molecule has 0 aliphatic heterocycles. The number of para-hydroxylation sites is 1. The normalized spacial score (nSPS) is 13.0. The summed E-state index contributed by atoms with van der Waals surface area (Å²) in [6, 6.07) is 14.1. The number of H-pyrrole nitrogens is 1. The van der Waals surface area contributed by atoms with E-state index in [9.17, 15) is 5.11 Å². The summed E-state index contributed by atoms with van der Waals surface area (Å²) < 4.78 is 16.5. The second-order valence-corrected chi connectivity index (χ2v) is 6.74. The summed E-state index contributed by atoms with van der Waals surface area (Å²) in [6.07, 6.45) is 2.51. The van der Waals surface area contributed by atoms with Crippen LogP contribution in [-0.2, 0) is 9.47 Å². The van der Waals surface area contributed by atoms with Gasteiger partial charge in [0.05, 0.1) is 12.6 Å². The van der Waals surface area contributed by atoms with Gasteiger partial charge in [0.15, 0.2) is 11.5 Å². The highest BCUT2D eigenvalue weighted by Gasteiger charge is 2.08. The molecule has 3 N–H and O–H groups in total. The molecule has 0 fully saturated rings. The van der Waals surface area contributed by atoms with Crippen molar-refractivity contribution in [3.8, 4) is 5.75 Å². The number of hydrogen-bond acceptors (Lipinski definition) is 5. The summed E-state index contributed by atoms with van der Waals surface area (Å²) in [5.74, 6) is 1.78. The predicted octanol–water partition coefficient (Wildman–Crippen LogP) is 3.90. The van der Waals surface area contributed by atoms with Crippen LogP contribution in [0.2, 0.25) is 0 Å².